The molecule has 9 nitrogen and oxygen atoms in total. The Hall–Kier alpha value is -3.33. The van der Waals surface area contributed by atoms with Crippen LogP contribution >= 0.6 is 0 Å². The van der Waals surface area contributed by atoms with Gasteiger partial charge < -0.3 is 14.8 Å². The van der Waals surface area contributed by atoms with Gasteiger partial charge in [0.25, 0.3) is 0 Å². The Morgan fingerprint density at radius 1 is 0.960 bits per heavy atom. The molecule has 0 aliphatic heterocycles. The van der Waals surface area contributed by atoms with Crippen molar-refractivity contribution in [3.05, 3.63) is 46.5 Å². The Balaban J connectivity index is 2.57. The van der Waals surface area contributed by atoms with Crippen molar-refractivity contribution in [1.29, 1.82) is 0 Å². The quantitative estimate of drug-likeness (QED) is 0.384. The molecule has 3 rings (SSSR count). The number of rotatable bonds is 2. The fourth-order valence-electron chi connectivity index (χ4n) is 2.67. The Labute approximate surface area is 139 Å². The van der Waals surface area contributed by atoms with Crippen molar-refractivity contribution in [2.45, 2.75) is 4.90 Å². The molecule has 0 fully saturated rings. The maximum Gasteiger partial charge on any atom is 0.240 e. The average Bonchev–Trinajstić information content (AvgIpc) is 2.54. The highest BCUT2D eigenvalue weighted by atomic mass is 32.2. The van der Waals surface area contributed by atoms with Crippen LogP contribution in [0.2, 0.25) is 0 Å². The standard InChI is InChI=1S/C15H7NO8S/c17-5-16-10-8-9(13(20)15(14(10)21)25(22,23)24)12(19)7-4-2-1-3-6(7)11(8)18/h1-4,20-21H,(H,22,23,24)/p-1. The highest BCUT2D eigenvalue weighted by Gasteiger charge is 2.39. The second-order valence-corrected chi connectivity index (χ2v) is 6.30. The Kier molecular flexibility index (Phi) is 3.54. The second-order valence-electron chi connectivity index (χ2n) is 4.99. The highest BCUT2D eigenvalue weighted by molar-refractivity contribution is 7.86. The largest absolute Gasteiger partial charge is 0.744 e. The number of isocyanates is 1. The van der Waals surface area contributed by atoms with E-state index in [0.717, 1.165) is 6.08 Å². The number of aliphatic imine (C=N–C) groups is 1. The summed E-state index contributed by atoms with van der Waals surface area (Å²) < 4.78 is 34.0. The number of carbonyl (C=O) groups excluding carboxylic acids is 3. The van der Waals surface area contributed by atoms with Crippen LogP contribution in [0.3, 0.4) is 0 Å². The number of fused-ring (bicyclic) bond motifs is 2. The number of hydrogen-bond acceptors (Lipinski definition) is 9. The van der Waals surface area contributed by atoms with Crippen molar-refractivity contribution in [1.82, 2.24) is 0 Å². The summed E-state index contributed by atoms with van der Waals surface area (Å²) in [7, 11) is -5.46. The van der Waals surface area contributed by atoms with E-state index in [4.69, 9.17) is 0 Å². The molecule has 0 saturated carbocycles. The molecule has 1 aliphatic carbocycles. The second kappa shape index (κ2) is 5.35. The Morgan fingerprint density at radius 3 is 1.96 bits per heavy atom. The van der Waals surface area contributed by atoms with Gasteiger partial charge in [0, 0.05) is 11.1 Å². The van der Waals surface area contributed by atoms with Crippen molar-refractivity contribution in [2.24, 2.45) is 4.99 Å². The SMILES string of the molecule is O=C=Nc1c(O)c(S(=O)(=O)[O-])c(O)c2c1C(=O)c1ccccc1C2=O. The number of aromatic hydroxyl groups is 2. The number of carbonyl (C=O) groups is 2. The molecule has 0 heterocycles. The van der Waals surface area contributed by atoms with Gasteiger partial charge in [0.2, 0.25) is 6.08 Å². The number of benzene rings is 2. The minimum atomic E-state index is -5.46. The number of nitrogens with zero attached hydrogens (tertiary/aromatic N) is 1. The molecule has 0 unspecified atom stereocenters. The molecule has 126 valence electrons. The lowest BCUT2D eigenvalue weighted by Gasteiger charge is -2.23. The zero-order valence-corrected chi connectivity index (χ0v) is 12.8. The molecule has 0 spiro atoms. The van der Waals surface area contributed by atoms with Gasteiger partial charge in [0.15, 0.2) is 17.3 Å². The fourth-order valence-corrected chi connectivity index (χ4v) is 3.34. The van der Waals surface area contributed by atoms with Gasteiger partial charge in [-0.2, -0.15) is 4.99 Å². The van der Waals surface area contributed by atoms with E-state index in [0.29, 0.717) is 0 Å². The first-order valence-electron chi connectivity index (χ1n) is 6.54. The van der Waals surface area contributed by atoms with Crippen LogP contribution in [0.5, 0.6) is 11.5 Å². The summed E-state index contributed by atoms with van der Waals surface area (Å²) in [6.07, 6.45) is 1.01. The lowest BCUT2D eigenvalue weighted by molar-refractivity contribution is 0.0976. The third kappa shape index (κ3) is 2.24. The summed E-state index contributed by atoms with van der Waals surface area (Å²) in [4.78, 5) is 37.3. The molecule has 25 heavy (non-hydrogen) atoms. The van der Waals surface area contributed by atoms with E-state index in [-0.39, 0.29) is 11.1 Å². The Morgan fingerprint density at radius 2 is 1.48 bits per heavy atom. The first kappa shape index (κ1) is 16.5. The van der Waals surface area contributed by atoms with Gasteiger partial charge in [-0.15, -0.1) is 0 Å². The molecule has 0 aromatic heterocycles. The van der Waals surface area contributed by atoms with E-state index in [1.54, 1.807) is 0 Å². The molecule has 1 aliphatic rings. The predicted octanol–water partition coefficient (Wildman–Crippen LogP) is 0.745. The summed E-state index contributed by atoms with van der Waals surface area (Å²) in [6.45, 7) is 0. The smallest absolute Gasteiger partial charge is 0.240 e. The van der Waals surface area contributed by atoms with E-state index >= 15 is 0 Å². The first-order valence-corrected chi connectivity index (χ1v) is 7.95. The lowest BCUT2D eigenvalue weighted by atomic mass is 9.82. The third-order valence-electron chi connectivity index (χ3n) is 3.66. The van der Waals surface area contributed by atoms with Crippen LogP contribution in [-0.2, 0) is 14.9 Å². The van der Waals surface area contributed by atoms with Gasteiger partial charge in [-0.3, -0.25) is 9.59 Å². The third-order valence-corrected chi connectivity index (χ3v) is 4.54. The fraction of sp³-hybridized carbons (Fsp3) is 0. The van der Waals surface area contributed by atoms with Crippen molar-refractivity contribution in [3.8, 4) is 11.5 Å². The van der Waals surface area contributed by atoms with E-state index < -0.39 is 54.9 Å². The van der Waals surface area contributed by atoms with Crippen LogP contribution < -0.4 is 0 Å². The van der Waals surface area contributed by atoms with Crippen molar-refractivity contribution in [2.75, 3.05) is 0 Å². The molecule has 0 radical (unpaired) electrons. The van der Waals surface area contributed by atoms with Crippen LogP contribution in [0.4, 0.5) is 5.69 Å². The molecule has 0 atom stereocenters. The first-order chi connectivity index (χ1) is 11.7. The average molecular weight is 360 g/mol. The summed E-state index contributed by atoms with van der Waals surface area (Å²) >= 11 is 0. The van der Waals surface area contributed by atoms with Crippen LogP contribution in [0.1, 0.15) is 31.8 Å². The van der Waals surface area contributed by atoms with Gasteiger partial charge in [-0.1, -0.05) is 24.3 Å². The summed E-state index contributed by atoms with van der Waals surface area (Å²) in [6, 6.07) is 5.44. The number of hydrogen-bond donors (Lipinski definition) is 2. The summed E-state index contributed by atoms with van der Waals surface area (Å²) in [5, 5.41) is 20.1. The van der Waals surface area contributed by atoms with Crippen LogP contribution in [0, 0.1) is 0 Å². The predicted molar refractivity (Wildman–Crippen MR) is 78.8 cm³/mol. The van der Waals surface area contributed by atoms with Crippen LogP contribution in [0.15, 0.2) is 34.2 Å². The van der Waals surface area contributed by atoms with Crippen molar-refractivity contribution >= 4 is 33.5 Å². The number of phenolic OH excluding ortho intramolecular Hbond substituents is 2. The number of ketones is 2. The van der Waals surface area contributed by atoms with Crippen molar-refractivity contribution in [3.63, 3.8) is 0 Å². The molecule has 2 N–H and O–H groups in total. The Bertz CT molecular complexity index is 1130. The van der Waals surface area contributed by atoms with Crippen molar-refractivity contribution < 1.29 is 37.6 Å². The normalized spacial score (nSPS) is 13.0. The molecule has 2 aromatic rings. The van der Waals surface area contributed by atoms with E-state index in [9.17, 15) is 37.6 Å². The van der Waals surface area contributed by atoms with Gasteiger partial charge in [-0.25, -0.2) is 13.2 Å². The molecular weight excluding hydrogens is 354 g/mol. The zero-order chi connectivity index (χ0) is 18.5. The van der Waals surface area contributed by atoms with Gasteiger partial charge in [-0.05, 0) is 0 Å². The summed E-state index contributed by atoms with van der Waals surface area (Å²) in [5.74, 6) is -4.63. The highest BCUT2D eigenvalue weighted by Crippen LogP contribution is 2.48. The van der Waals surface area contributed by atoms with Gasteiger partial charge in [0.1, 0.15) is 26.5 Å². The zero-order valence-electron chi connectivity index (χ0n) is 12.0. The lowest BCUT2D eigenvalue weighted by Crippen LogP contribution is -2.22. The minimum absolute atomic E-state index is 0.0983. The van der Waals surface area contributed by atoms with Gasteiger partial charge >= 0.3 is 0 Å². The molecule has 2 aromatic carbocycles. The van der Waals surface area contributed by atoms with Crippen LogP contribution in [-0.4, -0.2) is 40.8 Å². The molecular formula is C15H6NO8S-. The maximum atomic E-state index is 12.6. The summed E-state index contributed by atoms with van der Waals surface area (Å²) in [5.41, 5.74) is -2.68. The van der Waals surface area contributed by atoms with Gasteiger partial charge in [0.05, 0.1) is 11.1 Å². The topological polar surface area (TPSA) is 161 Å². The maximum absolute atomic E-state index is 12.6. The molecule has 0 saturated heterocycles. The molecule has 10 heteroatoms. The monoisotopic (exact) mass is 360 g/mol. The molecule has 0 bridgehead atoms. The minimum Gasteiger partial charge on any atom is -0.744 e. The number of phenols is 2. The van der Waals surface area contributed by atoms with E-state index in [1.807, 2.05) is 0 Å². The molecule has 0 amide bonds. The van der Waals surface area contributed by atoms with E-state index in [1.165, 1.54) is 24.3 Å². The van der Waals surface area contributed by atoms with Crippen LogP contribution in [0.25, 0.3) is 0 Å². The van der Waals surface area contributed by atoms with E-state index in [2.05, 4.69) is 4.99 Å².